The van der Waals surface area contributed by atoms with Gasteiger partial charge in [-0.05, 0) is 24.8 Å². The zero-order valence-electron chi connectivity index (χ0n) is 11.1. The molecule has 1 aliphatic rings. The minimum atomic E-state index is 0.468. The predicted octanol–water partition coefficient (Wildman–Crippen LogP) is 2.41. The second-order valence-electron chi connectivity index (χ2n) is 5.55. The summed E-state index contributed by atoms with van der Waals surface area (Å²) in [4.78, 5) is 6.77. The molecule has 4 nitrogen and oxygen atoms in total. The van der Waals surface area contributed by atoms with Gasteiger partial charge in [0.2, 0.25) is 0 Å². The minimum Gasteiger partial charge on any atom is -0.432 e. The molecule has 1 fully saturated rings. The van der Waals surface area contributed by atoms with Crippen LogP contribution in [-0.4, -0.2) is 24.6 Å². The third-order valence-corrected chi connectivity index (χ3v) is 3.48. The molecule has 0 unspecified atom stereocenters. The van der Waals surface area contributed by atoms with E-state index in [1.165, 1.54) is 12.8 Å². The molecular weight excluding hydrogens is 214 g/mol. The second-order valence-corrected chi connectivity index (χ2v) is 5.55. The van der Waals surface area contributed by atoms with Crippen LogP contribution in [0.5, 0.6) is 0 Å². The van der Waals surface area contributed by atoms with Gasteiger partial charge in [-0.1, -0.05) is 20.8 Å². The topological polar surface area (TPSA) is 41.3 Å². The standard InChI is InChI=1S/C13H23N3O/c1-4-14-9-11-10-17-12(15-11)16-7-5-13(2,3)6-8-16/h10,14H,4-9H2,1-3H3. The van der Waals surface area contributed by atoms with Crippen LogP contribution in [0.25, 0.3) is 0 Å². The first-order chi connectivity index (χ1) is 8.11. The van der Waals surface area contributed by atoms with Crippen molar-refractivity contribution in [2.45, 2.75) is 40.2 Å². The summed E-state index contributed by atoms with van der Waals surface area (Å²) in [6.07, 6.45) is 4.17. The van der Waals surface area contributed by atoms with Gasteiger partial charge in [0.15, 0.2) is 0 Å². The Bertz CT molecular complexity index is 349. The molecule has 17 heavy (non-hydrogen) atoms. The van der Waals surface area contributed by atoms with E-state index in [2.05, 4.69) is 36.0 Å². The maximum Gasteiger partial charge on any atom is 0.297 e. The molecule has 1 aliphatic heterocycles. The minimum absolute atomic E-state index is 0.468. The molecule has 0 bridgehead atoms. The summed E-state index contributed by atoms with van der Waals surface area (Å²) in [6.45, 7) is 10.6. The monoisotopic (exact) mass is 237 g/mol. The molecule has 1 saturated heterocycles. The highest BCUT2D eigenvalue weighted by Crippen LogP contribution is 2.31. The first-order valence-electron chi connectivity index (χ1n) is 6.51. The highest BCUT2D eigenvalue weighted by atomic mass is 16.4. The van der Waals surface area contributed by atoms with Gasteiger partial charge in [-0.15, -0.1) is 0 Å². The van der Waals surface area contributed by atoms with E-state index in [0.29, 0.717) is 5.41 Å². The van der Waals surface area contributed by atoms with Crippen molar-refractivity contribution >= 4 is 6.01 Å². The highest BCUT2D eigenvalue weighted by Gasteiger charge is 2.27. The van der Waals surface area contributed by atoms with Crippen molar-refractivity contribution in [1.29, 1.82) is 0 Å². The van der Waals surface area contributed by atoms with Crippen molar-refractivity contribution in [3.8, 4) is 0 Å². The van der Waals surface area contributed by atoms with E-state index in [9.17, 15) is 0 Å². The molecule has 1 aromatic heterocycles. The lowest BCUT2D eigenvalue weighted by Gasteiger charge is -2.35. The zero-order valence-corrected chi connectivity index (χ0v) is 11.1. The quantitative estimate of drug-likeness (QED) is 0.873. The summed E-state index contributed by atoms with van der Waals surface area (Å²) in [7, 11) is 0. The summed E-state index contributed by atoms with van der Waals surface area (Å²) >= 11 is 0. The zero-order chi connectivity index (χ0) is 12.3. The maximum absolute atomic E-state index is 5.54. The van der Waals surface area contributed by atoms with Gasteiger partial charge in [-0.2, -0.15) is 4.98 Å². The SMILES string of the molecule is CCNCc1coc(N2CCC(C)(C)CC2)n1. The molecule has 1 aromatic rings. The van der Waals surface area contributed by atoms with Gasteiger partial charge in [-0.3, -0.25) is 0 Å². The molecule has 2 heterocycles. The van der Waals surface area contributed by atoms with Gasteiger partial charge >= 0.3 is 0 Å². The van der Waals surface area contributed by atoms with E-state index in [1.54, 1.807) is 6.26 Å². The van der Waals surface area contributed by atoms with Crippen LogP contribution in [0.1, 0.15) is 39.3 Å². The first-order valence-corrected chi connectivity index (χ1v) is 6.51. The summed E-state index contributed by atoms with van der Waals surface area (Å²) in [5.74, 6) is 0. The Kier molecular flexibility index (Phi) is 3.72. The number of aromatic nitrogens is 1. The summed E-state index contributed by atoms with van der Waals surface area (Å²) < 4.78 is 5.54. The number of anilines is 1. The van der Waals surface area contributed by atoms with Crippen LogP contribution in [0.15, 0.2) is 10.7 Å². The Morgan fingerprint density at radius 1 is 1.41 bits per heavy atom. The number of oxazole rings is 1. The molecule has 0 aliphatic carbocycles. The van der Waals surface area contributed by atoms with Gasteiger partial charge < -0.3 is 14.6 Å². The number of nitrogens with one attached hydrogen (secondary N) is 1. The second kappa shape index (κ2) is 5.08. The van der Waals surface area contributed by atoms with Crippen molar-refractivity contribution in [3.63, 3.8) is 0 Å². The lowest BCUT2D eigenvalue weighted by Crippen LogP contribution is -2.37. The van der Waals surface area contributed by atoms with Crippen LogP contribution < -0.4 is 10.2 Å². The summed E-state index contributed by atoms with van der Waals surface area (Å²) in [5, 5.41) is 3.25. The molecule has 96 valence electrons. The fraction of sp³-hybridized carbons (Fsp3) is 0.769. The largest absolute Gasteiger partial charge is 0.432 e. The average Bonchev–Trinajstić information content (AvgIpc) is 2.75. The Labute approximate surface area is 103 Å². The van der Waals surface area contributed by atoms with Gasteiger partial charge in [-0.25, -0.2) is 0 Å². The number of nitrogens with zero attached hydrogens (tertiary/aromatic N) is 2. The molecule has 0 amide bonds. The maximum atomic E-state index is 5.54. The van der Waals surface area contributed by atoms with Crippen LogP contribution in [-0.2, 0) is 6.54 Å². The van der Waals surface area contributed by atoms with Crippen LogP contribution in [0.2, 0.25) is 0 Å². The Balaban J connectivity index is 1.92. The lowest BCUT2D eigenvalue weighted by molar-refractivity contribution is 0.273. The molecule has 4 heteroatoms. The number of rotatable bonds is 4. The van der Waals surface area contributed by atoms with Crippen LogP contribution in [0.4, 0.5) is 6.01 Å². The Hall–Kier alpha value is -1.03. The van der Waals surface area contributed by atoms with Crippen molar-refractivity contribution in [2.24, 2.45) is 5.41 Å². The highest BCUT2D eigenvalue weighted by molar-refractivity contribution is 5.28. The Morgan fingerprint density at radius 3 is 2.76 bits per heavy atom. The number of piperidine rings is 1. The van der Waals surface area contributed by atoms with Crippen molar-refractivity contribution in [3.05, 3.63) is 12.0 Å². The van der Waals surface area contributed by atoms with Crippen molar-refractivity contribution < 1.29 is 4.42 Å². The van der Waals surface area contributed by atoms with Crippen LogP contribution in [0.3, 0.4) is 0 Å². The predicted molar refractivity (Wildman–Crippen MR) is 69.1 cm³/mol. The lowest BCUT2D eigenvalue weighted by atomic mass is 9.83. The third kappa shape index (κ3) is 3.22. The van der Waals surface area contributed by atoms with Crippen molar-refractivity contribution in [1.82, 2.24) is 10.3 Å². The molecule has 0 atom stereocenters. The van der Waals surface area contributed by atoms with Crippen LogP contribution >= 0.6 is 0 Å². The smallest absolute Gasteiger partial charge is 0.297 e. The average molecular weight is 237 g/mol. The van der Waals surface area contributed by atoms with E-state index in [-0.39, 0.29) is 0 Å². The molecule has 2 rings (SSSR count). The first kappa shape index (κ1) is 12.4. The fourth-order valence-electron chi connectivity index (χ4n) is 2.08. The molecular formula is C13H23N3O. The normalized spacial score (nSPS) is 19.6. The van der Waals surface area contributed by atoms with Gasteiger partial charge in [0, 0.05) is 19.6 Å². The number of hydrogen-bond acceptors (Lipinski definition) is 4. The molecule has 0 spiro atoms. The molecule has 0 radical (unpaired) electrons. The summed E-state index contributed by atoms with van der Waals surface area (Å²) in [6, 6.07) is 0.786. The number of hydrogen-bond donors (Lipinski definition) is 1. The molecule has 0 aromatic carbocycles. The van der Waals surface area contributed by atoms with E-state index in [0.717, 1.165) is 37.9 Å². The third-order valence-electron chi connectivity index (χ3n) is 3.48. The van der Waals surface area contributed by atoms with Gasteiger partial charge in [0.25, 0.3) is 6.01 Å². The summed E-state index contributed by atoms with van der Waals surface area (Å²) in [5.41, 5.74) is 1.46. The van der Waals surface area contributed by atoms with E-state index in [1.807, 2.05) is 0 Å². The molecule has 1 N–H and O–H groups in total. The van der Waals surface area contributed by atoms with E-state index in [4.69, 9.17) is 4.42 Å². The van der Waals surface area contributed by atoms with Gasteiger partial charge in [0.1, 0.15) is 6.26 Å². The van der Waals surface area contributed by atoms with E-state index >= 15 is 0 Å². The fourth-order valence-corrected chi connectivity index (χ4v) is 2.08. The Morgan fingerprint density at radius 2 is 2.12 bits per heavy atom. The van der Waals surface area contributed by atoms with E-state index < -0.39 is 0 Å². The van der Waals surface area contributed by atoms with Crippen LogP contribution in [0, 0.1) is 5.41 Å². The van der Waals surface area contributed by atoms with Gasteiger partial charge in [0.05, 0.1) is 5.69 Å². The van der Waals surface area contributed by atoms with Crippen molar-refractivity contribution in [2.75, 3.05) is 24.5 Å². The molecule has 0 saturated carbocycles.